The minimum atomic E-state index is -1.05. The normalized spacial score (nSPS) is 16.5. The van der Waals surface area contributed by atoms with Crippen molar-refractivity contribution in [2.24, 2.45) is 0 Å². The summed E-state index contributed by atoms with van der Waals surface area (Å²) in [5.74, 6) is -1.32. The van der Waals surface area contributed by atoms with Gasteiger partial charge in [-0.1, -0.05) is 66.2 Å². The Morgan fingerprint density at radius 1 is 0.846 bits per heavy atom. The third-order valence-electron chi connectivity index (χ3n) is 6.43. The molecule has 3 amide bonds. The Labute approximate surface area is 225 Å². The van der Waals surface area contributed by atoms with E-state index >= 15 is 0 Å². The van der Waals surface area contributed by atoms with E-state index in [1.807, 2.05) is 37.3 Å². The van der Waals surface area contributed by atoms with E-state index in [1.165, 1.54) is 23.1 Å². The first-order valence-electron chi connectivity index (χ1n) is 12.4. The molecule has 0 spiro atoms. The number of rotatable bonds is 7. The molecule has 1 aliphatic rings. The number of cyclic esters (lactones) is 1. The van der Waals surface area contributed by atoms with E-state index in [-0.39, 0.29) is 18.1 Å². The molecule has 2 atom stereocenters. The van der Waals surface area contributed by atoms with Crippen LogP contribution in [0.25, 0.3) is 0 Å². The van der Waals surface area contributed by atoms with Crippen molar-refractivity contribution in [2.45, 2.75) is 25.6 Å². The fourth-order valence-electron chi connectivity index (χ4n) is 4.47. The highest BCUT2D eigenvalue weighted by atomic mass is 19.1. The Morgan fingerprint density at radius 3 is 2.26 bits per heavy atom. The number of aryl methyl sites for hydroxylation is 1. The number of anilines is 2. The number of nitrogens with zero attached hydrogens (tertiary/aromatic N) is 1. The van der Waals surface area contributed by atoms with E-state index in [9.17, 15) is 18.8 Å². The zero-order valence-corrected chi connectivity index (χ0v) is 21.1. The summed E-state index contributed by atoms with van der Waals surface area (Å²) >= 11 is 0. The maximum absolute atomic E-state index is 13.8. The summed E-state index contributed by atoms with van der Waals surface area (Å²) in [5, 5.41) is 5.56. The molecule has 1 saturated heterocycles. The lowest BCUT2D eigenvalue weighted by molar-refractivity contribution is -0.121. The van der Waals surface area contributed by atoms with Gasteiger partial charge in [0.25, 0.3) is 11.8 Å². The number of carbonyl (C=O) groups is 3. The number of nitrogens with one attached hydrogen (secondary N) is 2. The van der Waals surface area contributed by atoms with Gasteiger partial charge in [-0.3, -0.25) is 14.5 Å². The summed E-state index contributed by atoms with van der Waals surface area (Å²) in [6, 6.07) is 27.7. The van der Waals surface area contributed by atoms with Gasteiger partial charge in [0.15, 0.2) is 12.1 Å². The van der Waals surface area contributed by atoms with Crippen molar-refractivity contribution in [2.75, 3.05) is 10.6 Å². The average molecular weight is 524 g/mol. The predicted octanol–water partition coefficient (Wildman–Crippen LogP) is 6.09. The number of carbonyl (C=O) groups excluding carboxylic acids is 3. The maximum atomic E-state index is 13.8. The zero-order valence-electron chi connectivity index (χ0n) is 21.1. The molecule has 0 aromatic heterocycles. The van der Waals surface area contributed by atoms with Crippen molar-refractivity contribution >= 4 is 29.3 Å². The van der Waals surface area contributed by atoms with E-state index in [0.717, 1.165) is 11.1 Å². The lowest BCUT2D eigenvalue weighted by atomic mass is 9.99. The third kappa shape index (κ3) is 5.96. The molecule has 4 aromatic carbocycles. The van der Waals surface area contributed by atoms with Crippen LogP contribution in [-0.2, 0) is 16.1 Å². The molecule has 0 aliphatic carbocycles. The first-order valence-corrected chi connectivity index (χ1v) is 12.4. The molecular weight excluding hydrogens is 497 g/mol. The lowest BCUT2D eigenvalue weighted by Gasteiger charge is -2.24. The monoisotopic (exact) mass is 523 g/mol. The summed E-state index contributed by atoms with van der Waals surface area (Å²) < 4.78 is 19.5. The summed E-state index contributed by atoms with van der Waals surface area (Å²) in [6.45, 7) is 2.10. The Balaban J connectivity index is 1.44. The van der Waals surface area contributed by atoms with Gasteiger partial charge in [-0.15, -0.1) is 0 Å². The van der Waals surface area contributed by atoms with Gasteiger partial charge in [0, 0.05) is 16.9 Å². The van der Waals surface area contributed by atoms with Gasteiger partial charge >= 0.3 is 6.09 Å². The van der Waals surface area contributed by atoms with Gasteiger partial charge in [-0.2, -0.15) is 0 Å². The second-order valence-electron chi connectivity index (χ2n) is 9.31. The van der Waals surface area contributed by atoms with Crippen molar-refractivity contribution < 1.29 is 23.5 Å². The van der Waals surface area contributed by atoms with Crippen LogP contribution >= 0.6 is 0 Å². The maximum Gasteiger partial charge on any atom is 0.411 e. The first kappa shape index (κ1) is 25.7. The molecule has 0 bridgehead atoms. The van der Waals surface area contributed by atoms with Crippen molar-refractivity contribution in [1.82, 2.24) is 4.90 Å². The highest BCUT2D eigenvalue weighted by Crippen LogP contribution is 2.35. The van der Waals surface area contributed by atoms with E-state index < -0.39 is 30.0 Å². The molecule has 0 saturated carbocycles. The van der Waals surface area contributed by atoms with Gasteiger partial charge in [-0.25, -0.2) is 9.18 Å². The highest BCUT2D eigenvalue weighted by Gasteiger charge is 2.47. The van der Waals surface area contributed by atoms with Gasteiger partial charge in [0.1, 0.15) is 5.82 Å². The van der Waals surface area contributed by atoms with Crippen molar-refractivity contribution in [3.8, 4) is 0 Å². The Hall–Kier alpha value is -4.98. The molecule has 1 fully saturated rings. The number of halogens is 1. The molecule has 2 N–H and O–H groups in total. The van der Waals surface area contributed by atoms with Crippen LogP contribution in [0.3, 0.4) is 0 Å². The second kappa shape index (κ2) is 11.2. The van der Waals surface area contributed by atoms with Crippen LogP contribution in [0.2, 0.25) is 0 Å². The van der Waals surface area contributed by atoms with Crippen molar-refractivity contribution in [3.05, 3.63) is 131 Å². The molecule has 4 aromatic rings. The average Bonchev–Trinajstić information content (AvgIpc) is 3.26. The minimum Gasteiger partial charge on any atom is -0.438 e. The SMILES string of the molecule is Cc1ccc(CN2C(=O)OC(c3cccc(NC(=O)c4ccccc4)c3)C2C(=O)Nc2cccc(F)c2)cc1. The largest absolute Gasteiger partial charge is 0.438 e. The summed E-state index contributed by atoms with van der Waals surface area (Å²) in [6.07, 6.45) is -1.62. The zero-order chi connectivity index (χ0) is 27.4. The van der Waals surface area contributed by atoms with E-state index in [2.05, 4.69) is 10.6 Å². The Morgan fingerprint density at radius 2 is 1.54 bits per heavy atom. The number of amides is 3. The van der Waals surface area contributed by atoms with Gasteiger partial charge in [0.05, 0.1) is 6.54 Å². The third-order valence-corrected chi connectivity index (χ3v) is 6.43. The highest BCUT2D eigenvalue weighted by molar-refractivity contribution is 6.04. The molecule has 2 unspecified atom stereocenters. The smallest absolute Gasteiger partial charge is 0.411 e. The van der Waals surface area contributed by atoms with Crippen LogP contribution in [-0.4, -0.2) is 28.8 Å². The standard InChI is InChI=1S/C31H26FN3O4/c1-20-13-15-21(16-14-20)19-35-27(30(37)34-26-12-6-10-24(32)18-26)28(39-31(35)38)23-9-5-11-25(17-23)33-29(36)22-7-3-2-4-8-22/h2-18,27-28H,19H2,1H3,(H,33,36)(H,34,37). The van der Waals surface area contributed by atoms with E-state index in [1.54, 1.807) is 54.6 Å². The summed E-state index contributed by atoms with van der Waals surface area (Å²) in [7, 11) is 0. The molecule has 1 aliphatic heterocycles. The quantitative estimate of drug-likeness (QED) is 0.307. The number of hydrogen-bond donors (Lipinski definition) is 2. The number of ether oxygens (including phenoxy) is 1. The Kier molecular flexibility index (Phi) is 7.36. The van der Waals surface area contributed by atoms with E-state index in [0.29, 0.717) is 16.8 Å². The summed E-state index contributed by atoms with van der Waals surface area (Å²) in [5.41, 5.74) is 3.66. The van der Waals surface area contributed by atoms with Crippen LogP contribution in [0.5, 0.6) is 0 Å². The van der Waals surface area contributed by atoms with Crippen LogP contribution in [0.4, 0.5) is 20.6 Å². The molecule has 0 radical (unpaired) electrons. The first-order chi connectivity index (χ1) is 18.9. The summed E-state index contributed by atoms with van der Waals surface area (Å²) in [4.78, 5) is 40.7. The Bertz CT molecular complexity index is 1510. The number of hydrogen-bond acceptors (Lipinski definition) is 4. The van der Waals surface area contributed by atoms with E-state index in [4.69, 9.17) is 4.74 Å². The van der Waals surface area contributed by atoms with Crippen LogP contribution in [0.15, 0.2) is 103 Å². The number of benzene rings is 4. The van der Waals surface area contributed by atoms with Crippen molar-refractivity contribution in [1.29, 1.82) is 0 Å². The van der Waals surface area contributed by atoms with Crippen LogP contribution in [0.1, 0.15) is 33.2 Å². The molecule has 196 valence electrons. The molecule has 5 rings (SSSR count). The topological polar surface area (TPSA) is 87.7 Å². The van der Waals surface area contributed by atoms with Gasteiger partial charge in [0.2, 0.25) is 0 Å². The van der Waals surface area contributed by atoms with Crippen LogP contribution < -0.4 is 10.6 Å². The lowest BCUT2D eigenvalue weighted by Crippen LogP contribution is -2.43. The van der Waals surface area contributed by atoms with Gasteiger partial charge < -0.3 is 15.4 Å². The molecule has 1 heterocycles. The minimum absolute atomic E-state index is 0.140. The van der Waals surface area contributed by atoms with Crippen LogP contribution in [0, 0.1) is 12.7 Å². The molecular formula is C31H26FN3O4. The molecule has 7 nitrogen and oxygen atoms in total. The molecule has 8 heteroatoms. The second-order valence-corrected chi connectivity index (χ2v) is 9.31. The fourth-order valence-corrected chi connectivity index (χ4v) is 4.47. The fraction of sp³-hybridized carbons (Fsp3) is 0.129. The predicted molar refractivity (Wildman–Crippen MR) is 146 cm³/mol. The van der Waals surface area contributed by atoms with Crippen molar-refractivity contribution in [3.63, 3.8) is 0 Å². The molecule has 39 heavy (non-hydrogen) atoms. The van der Waals surface area contributed by atoms with Gasteiger partial charge in [-0.05, 0) is 60.5 Å².